The van der Waals surface area contributed by atoms with E-state index < -0.39 is 0 Å². The summed E-state index contributed by atoms with van der Waals surface area (Å²) < 4.78 is 5.60. The van der Waals surface area contributed by atoms with Gasteiger partial charge in [-0.05, 0) is 53.9 Å². The molecule has 0 atom stereocenters. The average molecular weight is 360 g/mol. The van der Waals surface area contributed by atoms with Crippen LogP contribution in [-0.4, -0.2) is 18.4 Å². The number of amides is 2. The van der Waals surface area contributed by atoms with E-state index in [1.54, 1.807) is 18.2 Å². The van der Waals surface area contributed by atoms with E-state index in [1.165, 1.54) is 0 Å². The van der Waals surface area contributed by atoms with Crippen LogP contribution in [0.4, 0.5) is 11.4 Å². The fourth-order valence-electron chi connectivity index (χ4n) is 2.87. The molecule has 136 valence electrons. The Morgan fingerprint density at radius 2 is 1.59 bits per heavy atom. The van der Waals surface area contributed by atoms with Crippen molar-refractivity contribution in [2.45, 2.75) is 12.8 Å². The van der Waals surface area contributed by atoms with Gasteiger partial charge in [-0.2, -0.15) is 0 Å². The van der Waals surface area contributed by atoms with Crippen LogP contribution in [0.3, 0.4) is 0 Å². The molecule has 3 aromatic rings. The van der Waals surface area contributed by atoms with Crippen LogP contribution in [0.25, 0.3) is 10.8 Å². The van der Waals surface area contributed by atoms with Crippen molar-refractivity contribution in [3.63, 3.8) is 0 Å². The summed E-state index contributed by atoms with van der Waals surface area (Å²) in [6.45, 7) is -0.0863. The first-order valence-corrected chi connectivity index (χ1v) is 9.00. The summed E-state index contributed by atoms with van der Waals surface area (Å²) in [5.74, 6) is 0.569. The van der Waals surface area contributed by atoms with Crippen molar-refractivity contribution in [1.82, 2.24) is 0 Å². The van der Waals surface area contributed by atoms with Crippen molar-refractivity contribution < 1.29 is 14.3 Å². The lowest BCUT2D eigenvalue weighted by Gasteiger charge is -2.10. The molecule has 1 aliphatic carbocycles. The molecule has 0 bridgehead atoms. The van der Waals surface area contributed by atoms with Gasteiger partial charge in [0.25, 0.3) is 5.91 Å². The Bertz CT molecular complexity index is 996. The summed E-state index contributed by atoms with van der Waals surface area (Å²) in [4.78, 5) is 24.0. The van der Waals surface area contributed by atoms with E-state index >= 15 is 0 Å². The highest BCUT2D eigenvalue weighted by atomic mass is 16.5. The van der Waals surface area contributed by atoms with Gasteiger partial charge in [0.2, 0.25) is 5.91 Å². The van der Waals surface area contributed by atoms with Gasteiger partial charge in [0.1, 0.15) is 5.75 Å². The van der Waals surface area contributed by atoms with Crippen LogP contribution < -0.4 is 15.4 Å². The van der Waals surface area contributed by atoms with Crippen LogP contribution >= 0.6 is 0 Å². The molecule has 0 aliphatic heterocycles. The fourth-order valence-corrected chi connectivity index (χ4v) is 2.87. The monoisotopic (exact) mass is 360 g/mol. The smallest absolute Gasteiger partial charge is 0.262 e. The zero-order valence-corrected chi connectivity index (χ0v) is 14.8. The van der Waals surface area contributed by atoms with Crippen molar-refractivity contribution in [3.8, 4) is 5.75 Å². The molecule has 5 nitrogen and oxygen atoms in total. The van der Waals surface area contributed by atoms with Gasteiger partial charge in [-0.3, -0.25) is 9.59 Å². The van der Waals surface area contributed by atoms with E-state index in [0.717, 1.165) is 23.6 Å². The second kappa shape index (κ2) is 7.50. The zero-order valence-electron chi connectivity index (χ0n) is 14.8. The number of rotatable bonds is 6. The Morgan fingerprint density at radius 3 is 2.37 bits per heavy atom. The molecule has 0 heterocycles. The molecule has 0 saturated heterocycles. The highest BCUT2D eigenvalue weighted by Crippen LogP contribution is 2.30. The summed E-state index contributed by atoms with van der Waals surface area (Å²) in [5, 5.41) is 7.85. The molecule has 2 amide bonds. The van der Waals surface area contributed by atoms with Crippen LogP contribution in [0.2, 0.25) is 0 Å². The molecule has 2 N–H and O–H groups in total. The average Bonchev–Trinajstić information content (AvgIpc) is 3.52. The molecule has 1 saturated carbocycles. The summed E-state index contributed by atoms with van der Waals surface area (Å²) in [6, 6.07) is 20.8. The number of ether oxygens (including phenoxy) is 1. The molecule has 1 fully saturated rings. The lowest BCUT2D eigenvalue weighted by molar-refractivity contribution is -0.118. The molecule has 27 heavy (non-hydrogen) atoms. The van der Waals surface area contributed by atoms with Gasteiger partial charge < -0.3 is 15.4 Å². The van der Waals surface area contributed by atoms with Crippen LogP contribution in [-0.2, 0) is 9.59 Å². The maximum Gasteiger partial charge on any atom is 0.262 e. The molecular formula is C22H20N2O3. The van der Waals surface area contributed by atoms with Gasteiger partial charge >= 0.3 is 0 Å². The number of benzene rings is 3. The first-order chi connectivity index (χ1) is 13.2. The molecule has 5 heteroatoms. The lowest BCUT2D eigenvalue weighted by Crippen LogP contribution is -2.20. The normalized spacial score (nSPS) is 13.2. The lowest BCUT2D eigenvalue weighted by atomic mass is 10.1. The van der Waals surface area contributed by atoms with E-state index in [1.807, 2.05) is 48.5 Å². The van der Waals surface area contributed by atoms with Crippen molar-refractivity contribution >= 4 is 34.0 Å². The fraction of sp³-hybridized carbons (Fsp3) is 0.182. The number of anilines is 2. The summed E-state index contributed by atoms with van der Waals surface area (Å²) in [7, 11) is 0. The van der Waals surface area contributed by atoms with E-state index in [2.05, 4.69) is 10.6 Å². The SMILES string of the molecule is O=C(COc1ccc2ccccc2c1)Nc1cccc(NC(=O)C2CC2)c1. The molecule has 3 aromatic carbocycles. The molecule has 0 spiro atoms. The van der Waals surface area contributed by atoms with Gasteiger partial charge in [-0.25, -0.2) is 0 Å². The molecule has 1 aliphatic rings. The van der Waals surface area contributed by atoms with Crippen molar-refractivity contribution in [2.24, 2.45) is 5.92 Å². The van der Waals surface area contributed by atoms with Crippen LogP contribution in [0, 0.1) is 5.92 Å². The van der Waals surface area contributed by atoms with Crippen molar-refractivity contribution in [2.75, 3.05) is 17.2 Å². The number of fused-ring (bicyclic) bond motifs is 1. The van der Waals surface area contributed by atoms with E-state index in [-0.39, 0.29) is 24.3 Å². The van der Waals surface area contributed by atoms with Crippen LogP contribution in [0.1, 0.15) is 12.8 Å². The van der Waals surface area contributed by atoms with E-state index in [0.29, 0.717) is 17.1 Å². The van der Waals surface area contributed by atoms with Crippen LogP contribution in [0.15, 0.2) is 66.7 Å². The standard InChI is InChI=1S/C22H20N2O3/c25-21(14-27-20-11-10-15-4-1-2-5-17(15)12-20)23-18-6-3-7-19(13-18)24-22(26)16-8-9-16/h1-7,10-13,16H,8-9,14H2,(H,23,25)(H,24,26). The second-order valence-corrected chi connectivity index (χ2v) is 6.69. The maximum atomic E-state index is 12.2. The Labute approximate surface area is 157 Å². The Kier molecular flexibility index (Phi) is 4.75. The second-order valence-electron chi connectivity index (χ2n) is 6.69. The molecule has 0 aromatic heterocycles. The number of carbonyl (C=O) groups is 2. The quantitative estimate of drug-likeness (QED) is 0.692. The zero-order chi connectivity index (χ0) is 18.6. The minimum absolute atomic E-state index is 0.0399. The Hall–Kier alpha value is -3.34. The summed E-state index contributed by atoms with van der Waals surface area (Å²) in [5.41, 5.74) is 1.30. The predicted octanol–water partition coefficient (Wildman–Crippen LogP) is 4.21. The van der Waals surface area contributed by atoms with Gasteiger partial charge in [0.15, 0.2) is 6.61 Å². The van der Waals surface area contributed by atoms with E-state index in [4.69, 9.17) is 4.74 Å². The van der Waals surface area contributed by atoms with Crippen molar-refractivity contribution in [3.05, 3.63) is 66.7 Å². The Morgan fingerprint density at radius 1 is 0.852 bits per heavy atom. The third kappa shape index (κ3) is 4.44. The van der Waals surface area contributed by atoms with Crippen LogP contribution in [0.5, 0.6) is 5.75 Å². The first-order valence-electron chi connectivity index (χ1n) is 9.00. The number of hydrogen-bond acceptors (Lipinski definition) is 3. The number of hydrogen-bond donors (Lipinski definition) is 2. The topological polar surface area (TPSA) is 67.4 Å². The number of nitrogens with one attached hydrogen (secondary N) is 2. The molecular weight excluding hydrogens is 340 g/mol. The molecule has 0 unspecified atom stereocenters. The van der Waals surface area contributed by atoms with E-state index in [9.17, 15) is 9.59 Å². The maximum absolute atomic E-state index is 12.2. The molecule has 0 radical (unpaired) electrons. The first kappa shape index (κ1) is 17.1. The van der Waals surface area contributed by atoms with Gasteiger partial charge in [-0.1, -0.05) is 36.4 Å². The predicted molar refractivity (Wildman–Crippen MR) is 106 cm³/mol. The third-order valence-electron chi connectivity index (χ3n) is 4.45. The number of carbonyl (C=O) groups excluding carboxylic acids is 2. The highest BCUT2D eigenvalue weighted by Gasteiger charge is 2.29. The Balaban J connectivity index is 1.33. The van der Waals surface area contributed by atoms with Gasteiger partial charge in [-0.15, -0.1) is 0 Å². The summed E-state index contributed by atoms with van der Waals surface area (Å²) >= 11 is 0. The highest BCUT2D eigenvalue weighted by molar-refractivity contribution is 5.96. The van der Waals surface area contributed by atoms with Crippen molar-refractivity contribution in [1.29, 1.82) is 0 Å². The third-order valence-corrected chi connectivity index (χ3v) is 4.45. The van der Waals surface area contributed by atoms with Gasteiger partial charge in [0.05, 0.1) is 0 Å². The minimum Gasteiger partial charge on any atom is -0.484 e. The van der Waals surface area contributed by atoms with Gasteiger partial charge in [0, 0.05) is 17.3 Å². The largest absolute Gasteiger partial charge is 0.484 e. The minimum atomic E-state index is -0.256. The molecule has 4 rings (SSSR count). The summed E-state index contributed by atoms with van der Waals surface area (Å²) in [6.07, 6.45) is 1.91.